The number of amides is 2. The van der Waals surface area contributed by atoms with E-state index >= 15 is 0 Å². The lowest BCUT2D eigenvalue weighted by Gasteiger charge is -2.30. The summed E-state index contributed by atoms with van der Waals surface area (Å²) in [5.41, 5.74) is 1.30. The average Bonchev–Trinajstić information content (AvgIpc) is 2.78. The quantitative estimate of drug-likeness (QED) is 0.400. The third-order valence-corrected chi connectivity index (χ3v) is 5.94. The van der Waals surface area contributed by atoms with E-state index in [1.807, 2.05) is 56.3 Å². The summed E-state index contributed by atoms with van der Waals surface area (Å²) in [6.07, 6.45) is 2.98. The molecule has 1 atom stereocenters. The number of benzene rings is 2. The van der Waals surface area contributed by atoms with Gasteiger partial charge in [-0.2, -0.15) is 0 Å². The second-order valence-corrected chi connectivity index (χ2v) is 8.47. The second-order valence-electron chi connectivity index (χ2n) is 7.55. The van der Waals surface area contributed by atoms with Crippen LogP contribution in [0.1, 0.15) is 51.9 Å². The summed E-state index contributed by atoms with van der Waals surface area (Å²) in [6.45, 7) is 7.08. The van der Waals surface area contributed by atoms with Crippen molar-refractivity contribution in [1.29, 1.82) is 0 Å². The Morgan fingerprint density at radius 2 is 1.84 bits per heavy atom. The third-order valence-electron chi connectivity index (χ3n) is 5.41. The van der Waals surface area contributed by atoms with E-state index in [0.29, 0.717) is 29.8 Å². The molecule has 0 radical (unpaired) electrons. The first-order valence-corrected chi connectivity index (χ1v) is 11.6. The van der Waals surface area contributed by atoms with E-state index in [1.165, 1.54) is 0 Å². The highest BCUT2D eigenvalue weighted by Gasteiger charge is 2.25. The second kappa shape index (κ2) is 10.6. The Morgan fingerprint density at radius 3 is 2.52 bits per heavy atom. The van der Waals surface area contributed by atoms with Crippen LogP contribution in [0.2, 0.25) is 0 Å². The Labute approximate surface area is 191 Å². The number of rotatable bonds is 8. The van der Waals surface area contributed by atoms with Crippen molar-refractivity contribution in [3.63, 3.8) is 0 Å². The van der Waals surface area contributed by atoms with Gasteiger partial charge in [-0.05, 0) is 56.7 Å². The lowest BCUT2D eigenvalue weighted by Crippen LogP contribution is -2.40. The van der Waals surface area contributed by atoms with Crippen LogP contribution in [-0.4, -0.2) is 27.0 Å². The fourth-order valence-corrected chi connectivity index (χ4v) is 3.95. The van der Waals surface area contributed by atoms with Crippen molar-refractivity contribution >= 4 is 38.6 Å². The smallest absolute Gasteiger partial charge is 0.315 e. The fourth-order valence-electron chi connectivity index (χ4n) is 3.68. The van der Waals surface area contributed by atoms with Crippen LogP contribution in [0.25, 0.3) is 10.9 Å². The van der Waals surface area contributed by atoms with Gasteiger partial charge in [-0.1, -0.05) is 47.8 Å². The predicted octanol–water partition coefficient (Wildman–Crippen LogP) is 5.96. The Hall–Kier alpha value is -2.67. The van der Waals surface area contributed by atoms with E-state index in [9.17, 15) is 9.59 Å². The van der Waals surface area contributed by atoms with Crippen LogP contribution in [0.5, 0.6) is 0 Å². The van der Waals surface area contributed by atoms with E-state index in [2.05, 4.69) is 28.2 Å². The first kappa shape index (κ1) is 23.0. The molecule has 1 N–H and O–H groups in total. The lowest BCUT2D eigenvalue weighted by atomic mass is 10.1. The molecule has 2 aromatic carbocycles. The molecule has 0 saturated heterocycles. The Bertz CT molecular complexity index is 1090. The number of anilines is 1. The van der Waals surface area contributed by atoms with E-state index < -0.39 is 0 Å². The van der Waals surface area contributed by atoms with E-state index in [1.54, 1.807) is 15.5 Å². The maximum absolute atomic E-state index is 13.2. The summed E-state index contributed by atoms with van der Waals surface area (Å²) in [7, 11) is 0. The number of para-hydroxylation sites is 1. The van der Waals surface area contributed by atoms with Crippen LogP contribution >= 0.6 is 15.9 Å². The molecule has 3 rings (SSSR count). The number of hydrogen-bond donors (Lipinski definition) is 1. The molecule has 7 heteroatoms. The normalized spacial score (nSPS) is 12.0. The van der Waals surface area contributed by atoms with Gasteiger partial charge in [0.05, 0.1) is 16.9 Å². The van der Waals surface area contributed by atoms with E-state index in [0.717, 1.165) is 29.4 Å². The summed E-state index contributed by atoms with van der Waals surface area (Å²) in [6, 6.07) is 14.3. The van der Waals surface area contributed by atoms with Crippen molar-refractivity contribution < 1.29 is 4.79 Å². The minimum absolute atomic E-state index is 0.0724. The highest BCUT2D eigenvalue weighted by atomic mass is 79.9. The van der Waals surface area contributed by atoms with Crippen molar-refractivity contribution in [1.82, 2.24) is 14.5 Å². The molecule has 3 aromatic rings. The van der Waals surface area contributed by atoms with Crippen LogP contribution in [0.3, 0.4) is 0 Å². The molecule has 1 unspecified atom stereocenters. The zero-order valence-corrected chi connectivity index (χ0v) is 19.9. The van der Waals surface area contributed by atoms with Crippen molar-refractivity contribution in [2.45, 2.75) is 52.6 Å². The molecule has 2 amide bonds. The van der Waals surface area contributed by atoms with Gasteiger partial charge in [0, 0.05) is 23.2 Å². The molecular formula is C24H29BrN4O2. The molecule has 0 aliphatic carbocycles. The zero-order valence-electron chi connectivity index (χ0n) is 18.3. The summed E-state index contributed by atoms with van der Waals surface area (Å²) >= 11 is 3.42. The fraction of sp³-hybridized carbons (Fsp3) is 0.375. The topological polar surface area (TPSA) is 67.2 Å². The summed E-state index contributed by atoms with van der Waals surface area (Å²) in [5.74, 6) is 0.605. The molecule has 31 heavy (non-hydrogen) atoms. The SMILES string of the molecule is CCCCCN(C(=O)Nc1ccc(Br)cc1)C(C)c1nc2ccccc2c(=O)n1CC. The average molecular weight is 485 g/mol. The standard InChI is InChI=1S/C24H29BrN4O2/c1-4-6-9-16-29(24(31)26-19-14-12-18(25)13-15-19)17(3)22-27-21-11-8-7-10-20(21)23(30)28(22)5-2/h7-8,10-15,17H,4-6,9,16H2,1-3H3,(H,26,31). The monoisotopic (exact) mass is 484 g/mol. The van der Waals surface area contributed by atoms with Crippen molar-refractivity contribution in [2.24, 2.45) is 0 Å². The molecule has 1 aromatic heterocycles. The van der Waals surface area contributed by atoms with Crippen LogP contribution in [0, 0.1) is 0 Å². The molecular weight excluding hydrogens is 456 g/mol. The summed E-state index contributed by atoms with van der Waals surface area (Å²) < 4.78 is 2.62. The van der Waals surface area contributed by atoms with Gasteiger partial charge in [-0.3, -0.25) is 9.36 Å². The van der Waals surface area contributed by atoms with Crippen molar-refractivity contribution in [3.05, 3.63) is 69.2 Å². The Kier molecular flexibility index (Phi) is 7.85. The highest BCUT2D eigenvalue weighted by molar-refractivity contribution is 9.10. The van der Waals surface area contributed by atoms with Gasteiger partial charge in [-0.15, -0.1) is 0 Å². The lowest BCUT2D eigenvalue weighted by molar-refractivity contribution is 0.186. The molecule has 0 aliphatic rings. The molecule has 0 aliphatic heterocycles. The number of nitrogens with zero attached hydrogens (tertiary/aromatic N) is 3. The number of aromatic nitrogens is 2. The highest BCUT2D eigenvalue weighted by Crippen LogP contribution is 2.23. The van der Waals surface area contributed by atoms with Crippen LogP contribution in [0.4, 0.5) is 10.5 Å². The van der Waals surface area contributed by atoms with Gasteiger partial charge in [0.2, 0.25) is 0 Å². The molecule has 0 spiro atoms. The minimum atomic E-state index is -0.357. The van der Waals surface area contributed by atoms with Gasteiger partial charge >= 0.3 is 6.03 Å². The van der Waals surface area contributed by atoms with Crippen LogP contribution < -0.4 is 10.9 Å². The number of carbonyl (C=O) groups is 1. The number of carbonyl (C=O) groups excluding carboxylic acids is 1. The largest absolute Gasteiger partial charge is 0.322 e. The number of fused-ring (bicyclic) bond motifs is 1. The molecule has 1 heterocycles. The Balaban J connectivity index is 1.97. The van der Waals surface area contributed by atoms with Crippen molar-refractivity contribution in [2.75, 3.05) is 11.9 Å². The van der Waals surface area contributed by atoms with Crippen molar-refractivity contribution in [3.8, 4) is 0 Å². The number of halogens is 1. The van der Waals surface area contributed by atoms with Gasteiger partial charge in [0.15, 0.2) is 0 Å². The molecule has 0 fully saturated rings. The predicted molar refractivity (Wildman–Crippen MR) is 129 cm³/mol. The maximum Gasteiger partial charge on any atom is 0.322 e. The summed E-state index contributed by atoms with van der Waals surface area (Å²) in [4.78, 5) is 32.9. The number of urea groups is 1. The van der Waals surface area contributed by atoms with Crippen LogP contribution in [-0.2, 0) is 6.54 Å². The molecule has 164 valence electrons. The van der Waals surface area contributed by atoms with Crippen LogP contribution in [0.15, 0.2) is 57.8 Å². The van der Waals surface area contributed by atoms with E-state index in [-0.39, 0.29) is 17.6 Å². The molecule has 0 saturated carbocycles. The number of nitrogens with one attached hydrogen (secondary N) is 1. The molecule has 0 bridgehead atoms. The third kappa shape index (κ3) is 5.34. The first-order valence-electron chi connectivity index (χ1n) is 10.8. The number of hydrogen-bond acceptors (Lipinski definition) is 3. The van der Waals surface area contributed by atoms with E-state index in [4.69, 9.17) is 4.98 Å². The Morgan fingerprint density at radius 1 is 1.13 bits per heavy atom. The number of unbranched alkanes of at least 4 members (excludes halogenated alkanes) is 2. The van der Waals surface area contributed by atoms with Gasteiger partial charge in [-0.25, -0.2) is 9.78 Å². The first-order chi connectivity index (χ1) is 15.0. The minimum Gasteiger partial charge on any atom is -0.315 e. The van der Waals surface area contributed by atoms with Gasteiger partial charge in [0.1, 0.15) is 5.82 Å². The summed E-state index contributed by atoms with van der Waals surface area (Å²) in [5, 5.41) is 3.58. The van der Waals surface area contributed by atoms with Gasteiger partial charge in [0.25, 0.3) is 5.56 Å². The molecule has 6 nitrogen and oxygen atoms in total. The zero-order chi connectivity index (χ0) is 22.4. The maximum atomic E-state index is 13.2. The van der Waals surface area contributed by atoms with Gasteiger partial charge < -0.3 is 10.2 Å².